The maximum Gasteiger partial charge on any atom is 0.132 e. The van der Waals surface area contributed by atoms with Crippen molar-refractivity contribution < 1.29 is 4.74 Å². The highest BCUT2D eigenvalue weighted by Gasteiger charge is 2.20. The van der Waals surface area contributed by atoms with Crippen LogP contribution in [0.5, 0.6) is 5.75 Å². The molecule has 1 N–H and O–H groups in total. The number of benzene rings is 1. The van der Waals surface area contributed by atoms with Crippen molar-refractivity contribution in [1.82, 2.24) is 5.32 Å². The molecule has 0 bridgehead atoms. The van der Waals surface area contributed by atoms with Crippen molar-refractivity contribution in [1.29, 1.82) is 0 Å². The van der Waals surface area contributed by atoms with Gasteiger partial charge in [-0.25, -0.2) is 0 Å². The summed E-state index contributed by atoms with van der Waals surface area (Å²) in [5, 5.41) is 3.65. The van der Waals surface area contributed by atoms with E-state index in [4.69, 9.17) is 4.74 Å². The smallest absolute Gasteiger partial charge is 0.132 e. The minimum Gasteiger partial charge on any atom is -0.491 e. The maximum absolute atomic E-state index is 5.87. The number of hydrogen-bond acceptors (Lipinski definition) is 3. The van der Waals surface area contributed by atoms with Gasteiger partial charge in [0.1, 0.15) is 12.4 Å². The molecular weight excluding hydrogens is 254 g/mol. The Morgan fingerprint density at radius 3 is 2.84 bits per heavy atom. The van der Waals surface area contributed by atoms with E-state index >= 15 is 0 Å². The van der Waals surface area contributed by atoms with E-state index in [-0.39, 0.29) is 0 Å². The predicted molar refractivity (Wildman–Crippen MR) is 83.1 cm³/mol. The average molecular weight is 279 g/mol. The van der Waals surface area contributed by atoms with Crippen molar-refractivity contribution in [3.8, 4) is 5.75 Å². The van der Waals surface area contributed by atoms with Crippen LogP contribution in [0.15, 0.2) is 29.2 Å². The summed E-state index contributed by atoms with van der Waals surface area (Å²) in [6, 6.07) is 8.94. The minimum atomic E-state index is 0.688. The highest BCUT2D eigenvalue weighted by molar-refractivity contribution is 7.98. The molecule has 0 saturated heterocycles. The number of nitrogens with one attached hydrogen (secondary N) is 1. The minimum absolute atomic E-state index is 0.688. The third-order valence-electron chi connectivity index (χ3n) is 3.95. The fourth-order valence-electron chi connectivity index (χ4n) is 2.76. The summed E-state index contributed by atoms with van der Waals surface area (Å²) in [7, 11) is 0. The van der Waals surface area contributed by atoms with E-state index in [0.717, 1.165) is 24.8 Å². The van der Waals surface area contributed by atoms with Gasteiger partial charge < -0.3 is 10.1 Å². The molecule has 106 valence electrons. The van der Waals surface area contributed by atoms with Crippen LogP contribution in [-0.2, 0) is 0 Å². The number of thioether (sulfide) groups is 1. The van der Waals surface area contributed by atoms with Gasteiger partial charge in [-0.05, 0) is 37.1 Å². The average Bonchev–Trinajstić information content (AvgIpc) is 2.45. The first kappa shape index (κ1) is 14.7. The normalized spacial score (nSPS) is 23.3. The molecule has 2 unspecified atom stereocenters. The molecule has 1 fully saturated rings. The van der Waals surface area contributed by atoms with Gasteiger partial charge in [-0.1, -0.05) is 31.9 Å². The summed E-state index contributed by atoms with van der Waals surface area (Å²) < 4.78 is 5.87. The van der Waals surface area contributed by atoms with Crippen LogP contribution in [0.3, 0.4) is 0 Å². The summed E-state index contributed by atoms with van der Waals surface area (Å²) in [6.07, 6.45) is 7.55. The van der Waals surface area contributed by atoms with E-state index in [1.165, 1.54) is 30.6 Å². The Morgan fingerprint density at radius 2 is 2.05 bits per heavy atom. The Bertz CT molecular complexity index is 383. The lowest BCUT2D eigenvalue weighted by molar-refractivity contribution is 0.249. The topological polar surface area (TPSA) is 21.3 Å². The molecule has 0 radical (unpaired) electrons. The SMILES string of the molecule is CSc1ccccc1OCCNC1CCCCC1C. The van der Waals surface area contributed by atoms with Crippen molar-refractivity contribution in [2.24, 2.45) is 5.92 Å². The molecule has 1 saturated carbocycles. The lowest BCUT2D eigenvalue weighted by atomic mass is 9.86. The maximum atomic E-state index is 5.87. The zero-order chi connectivity index (χ0) is 13.5. The van der Waals surface area contributed by atoms with Crippen molar-refractivity contribution in [2.75, 3.05) is 19.4 Å². The van der Waals surface area contributed by atoms with E-state index < -0.39 is 0 Å². The summed E-state index contributed by atoms with van der Waals surface area (Å²) in [6.45, 7) is 4.05. The van der Waals surface area contributed by atoms with Crippen LogP contribution in [0.4, 0.5) is 0 Å². The molecular formula is C16H25NOS. The van der Waals surface area contributed by atoms with Gasteiger partial charge in [-0.15, -0.1) is 11.8 Å². The molecule has 2 atom stereocenters. The second-order valence-electron chi connectivity index (χ2n) is 5.32. The molecule has 2 rings (SSSR count). The van der Waals surface area contributed by atoms with Gasteiger partial charge in [0.05, 0.1) is 0 Å². The van der Waals surface area contributed by atoms with E-state index in [0.29, 0.717) is 6.04 Å². The largest absolute Gasteiger partial charge is 0.491 e. The van der Waals surface area contributed by atoms with Gasteiger partial charge in [-0.2, -0.15) is 0 Å². The van der Waals surface area contributed by atoms with E-state index in [1.54, 1.807) is 11.8 Å². The van der Waals surface area contributed by atoms with Gasteiger partial charge in [0.15, 0.2) is 0 Å². The third kappa shape index (κ3) is 4.43. The Kier molecular flexibility index (Phi) is 6.05. The summed E-state index contributed by atoms with van der Waals surface area (Å²) >= 11 is 1.74. The first-order chi connectivity index (χ1) is 9.31. The quantitative estimate of drug-likeness (QED) is 0.629. The van der Waals surface area contributed by atoms with Crippen LogP contribution in [0, 0.1) is 5.92 Å². The monoisotopic (exact) mass is 279 g/mol. The highest BCUT2D eigenvalue weighted by atomic mass is 32.2. The van der Waals surface area contributed by atoms with Crippen LogP contribution in [0.25, 0.3) is 0 Å². The lowest BCUT2D eigenvalue weighted by Gasteiger charge is -2.29. The number of para-hydroxylation sites is 1. The standard InChI is InChI=1S/C16H25NOS/c1-13-7-3-4-8-14(13)17-11-12-18-15-9-5-6-10-16(15)19-2/h5-6,9-10,13-14,17H,3-4,7-8,11-12H2,1-2H3. The van der Waals surface area contributed by atoms with Gasteiger partial charge >= 0.3 is 0 Å². The molecule has 0 heterocycles. The molecule has 19 heavy (non-hydrogen) atoms. The number of rotatable bonds is 6. The lowest BCUT2D eigenvalue weighted by Crippen LogP contribution is -2.39. The molecule has 1 aromatic carbocycles. The van der Waals surface area contributed by atoms with Gasteiger partial charge in [0.2, 0.25) is 0 Å². The first-order valence-corrected chi connectivity index (χ1v) is 8.53. The molecule has 0 aromatic heterocycles. The summed E-state index contributed by atoms with van der Waals surface area (Å²) in [4.78, 5) is 1.22. The fraction of sp³-hybridized carbons (Fsp3) is 0.625. The molecule has 0 aliphatic heterocycles. The molecule has 1 aliphatic carbocycles. The summed E-state index contributed by atoms with van der Waals surface area (Å²) in [5.74, 6) is 1.82. The highest BCUT2D eigenvalue weighted by Crippen LogP contribution is 2.27. The van der Waals surface area contributed by atoms with Gasteiger partial charge in [0, 0.05) is 17.5 Å². The van der Waals surface area contributed by atoms with E-state index in [9.17, 15) is 0 Å². The van der Waals surface area contributed by atoms with Crippen LogP contribution in [0.1, 0.15) is 32.6 Å². The number of ether oxygens (including phenoxy) is 1. The Hall–Kier alpha value is -0.670. The number of hydrogen-bond donors (Lipinski definition) is 1. The van der Waals surface area contributed by atoms with Crippen LogP contribution < -0.4 is 10.1 Å². The molecule has 3 heteroatoms. The fourth-order valence-corrected chi connectivity index (χ4v) is 3.31. The predicted octanol–water partition coefficient (Wildman–Crippen LogP) is 3.96. The summed E-state index contributed by atoms with van der Waals surface area (Å²) in [5.41, 5.74) is 0. The zero-order valence-corrected chi connectivity index (χ0v) is 12.8. The van der Waals surface area contributed by atoms with Gasteiger partial charge in [-0.3, -0.25) is 0 Å². The van der Waals surface area contributed by atoms with Crippen molar-refractivity contribution in [2.45, 2.75) is 43.5 Å². The first-order valence-electron chi connectivity index (χ1n) is 7.30. The van der Waals surface area contributed by atoms with Crippen molar-refractivity contribution in [3.63, 3.8) is 0 Å². The van der Waals surface area contributed by atoms with Gasteiger partial charge in [0.25, 0.3) is 0 Å². The Labute approximate surface area is 121 Å². The van der Waals surface area contributed by atoms with Crippen LogP contribution in [0.2, 0.25) is 0 Å². The third-order valence-corrected chi connectivity index (χ3v) is 4.72. The van der Waals surface area contributed by atoms with E-state index in [2.05, 4.69) is 36.7 Å². The van der Waals surface area contributed by atoms with Crippen molar-refractivity contribution >= 4 is 11.8 Å². The molecule has 0 spiro atoms. The Balaban J connectivity index is 1.71. The molecule has 1 aromatic rings. The van der Waals surface area contributed by atoms with Crippen LogP contribution in [-0.4, -0.2) is 25.4 Å². The second-order valence-corrected chi connectivity index (χ2v) is 6.17. The van der Waals surface area contributed by atoms with Crippen molar-refractivity contribution in [3.05, 3.63) is 24.3 Å². The second kappa shape index (κ2) is 7.81. The van der Waals surface area contributed by atoms with Crippen LogP contribution >= 0.6 is 11.8 Å². The molecule has 0 amide bonds. The molecule has 2 nitrogen and oxygen atoms in total. The molecule has 1 aliphatic rings. The van der Waals surface area contributed by atoms with E-state index in [1.807, 2.05) is 6.07 Å². The zero-order valence-electron chi connectivity index (χ0n) is 12.0. The Morgan fingerprint density at radius 1 is 1.26 bits per heavy atom.